The first-order chi connectivity index (χ1) is 10.3. The molecule has 0 spiro atoms. The van der Waals surface area contributed by atoms with Gasteiger partial charge in [0.1, 0.15) is 0 Å². The van der Waals surface area contributed by atoms with Gasteiger partial charge in [-0.15, -0.1) is 11.3 Å². The SMILES string of the molecule is O=C(CN1CCc2sccc2C1)NCCCOCC1CC1. The van der Waals surface area contributed by atoms with Gasteiger partial charge in [0, 0.05) is 37.7 Å². The Morgan fingerprint density at radius 1 is 1.48 bits per heavy atom. The molecule has 4 nitrogen and oxygen atoms in total. The van der Waals surface area contributed by atoms with Gasteiger partial charge in [0.2, 0.25) is 5.91 Å². The Bertz CT molecular complexity index is 471. The summed E-state index contributed by atoms with van der Waals surface area (Å²) >= 11 is 1.83. The van der Waals surface area contributed by atoms with E-state index in [9.17, 15) is 4.79 Å². The molecule has 2 heterocycles. The van der Waals surface area contributed by atoms with E-state index in [1.54, 1.807) is 0 Å². The summed E-state index contributed by atoms with van der Waals surface area (Å²) in [6, 6.07) is 2.18. The molecule has 0 unspecified atom stereocenters. The number of nitrogens with one attached hydrogen (secondary N) is 1. The lowest BCUT2D eigenvalue weighted by Gasteiger charge is -2.26. The number of nitrogens with zero attached hydrogens (tertiary/aromatic N) is 1. The third kappa shape index (κ3) is 4.80. The van der Waals surface area contributed by atoms with Crippen molar-refractivity contribution in [2.24, 2.45) is 5.92 Å². The highest BCUT2D eigenvalue weighted by molar-refractivity contribution is 7.10. The molecule has 1 aliphatic heterocycles. The van der Waals surface area contributed by atoms with Crippen molar-refractivity contribution in [3.63, 3.8) is 0 Å². The molecule has 21 heavy (non-hydrogen) atoms. The number of carbonyl (C=O) groups is 1. The molecule has 1 N–H and O–H groups in total. The number of rotatable bonds is 8. The lowest BCUT2D eigenvalue weighted by molar-refractivity contribution is -0.122. The van der Waals surface area contributed by atoms with Crippen molar-refractivity contribution in [2.75, 3.05) is 32.8 Å². The summed E-state index contributed by atoms with van der Waals surface area (Å²) in [5.74, 6) is 0.955. The summed E-state index contributed by atoms with van der Waals surface area (Å²) < 4.78 is 5.56. The van der Waals surface area contributed by atoms with E-state index < -0.39 is 0 Å². The van der Waals surface area contributed by atoms with Gasteiger partial charge in [-0.25, -0.2) is 0 Å². The van der Waals surface area contributed by atoms with Crippen LogP contribution in [0.2, 0.25) is 0 Å². The van der Waals surface area contributed by atoms with E-state index in [-0.39, 0.29) is 5.91 Å². The first kappa shape index (κ1) is 15.0. The van der Waals surface area contributed by atoms with E-state index in [4.69, 9.17) is 4.74 Å². The number of carbonyl (C=O) groups excluding carboxylic acids is 1. The average Bonchev–Trinajstić information content (AvgIpc) is 3.18. The Hall–Kier alpha value is -0.910. The summed E-state index contributed by atoms with van der Waals surface area (Å²) in [4.78, 5) is 15.6. The Morgan fingerprint density at radius 3 is 3.24 bits per heavy atom. The maximum atomic E-state index is 11.9. The molecule has 5 heteroatoms. The predicted molar refractivity (Wildman–Crippen MR) is 84.5 cm³/mol. The summed E-state index contributed by atoms with van der Waals surface area (Å²) in [7, 11) is 0. The van der Waals surface area contributed by atoms with E-state index in [1.807, 2.05) is 11.3 Å². The summed E-state index contributed by atoms with van der Waals surface area (Å²) in [6.07, 6.45) is 4.65. The van der Waals surface area contributed by atoms with Crippen molar-refractivity contribution in [1.82, 2.24) is 10.2 Å². The second kappa shape index (κ2) is 7.38. The zero-order chi connectivity index (χ0) is 14.5. The summed E-state index contributed by atoms with van der Waals surface area (Å²) in [6.45, 7) is 4.81. The second-order valence-electron chi connectivity index (χ2n) is 6.05. The predicted octanol–water partition coefficient (Wildman–Crippen LogP) is 2.04. The molecule has 1 aromatic rings. The molecule has 2 aliphatic rings. The fourth-order valence-corrected chi connectivity index (χ4v) is 3.53. The van der Waals surface area contributed by atoms with Gasteiger partial charge in [-0.2, -0.15) is 0 Å². The van der Waals surface area contributed by atoms with Crippen molar-refractivity contribution in [2.45, 2.75) is 32.2 Å². The standard InChI is InChI=1S/C16H24N2O2S/c19-16(17-6-1-8-20-12-13-2-3-13)11-18-7-4-15-14(10-18)5-9-21-15/h5,9,13H,1-4,6-8,10-12H2,(H,17,19). The van der Waals surface area contributed by atoms with Crippen LogP contribution in [0.1, 0.15) is 29.7 Å². The number of amides is 1. The van der Waals surface area contributed by atoms with Crippen molar-refractivity contribution in [3.05, 3.63) is 21.9 Å². The van der Waals surface area contributed by atoms with Gasteiger partial charge in [-0.3, -0.25) is 9.69 Å². The molecule has 1 fully saturated rings. The molecular weight excluding hydrogens is 284 g/mol. The highest BCUT2D eigenvalue weighted by Crippen LogP contribution is 2.28. The first-order valence-corrected chi connectivity index (χ1v) is 8.81. The van der Waals surface area contributed by atoms with Gasteiger partial charge in [0.25, 0.3) is 0 Å². The zero-order valence-corrected chi connectivity index (χ0v) is 13.3. The van der Waals surface area contributed by atoms with Crippen molar-refractivity contribution in [1.29, 1.82) is 0 Å². The smallest absolute Gasteiger partial charge is 0.234 e. The minimum atomic E-state index is 0.135. The fourth-order valence-electron chi connectivity index (χ4n) is 2.64. The molecule has 0 aromatic carbocycles. The van der Waals surface area contributed by atoms with E-state index in [0.29, 0.717) is 6.54 Å². The third-order valence-electron chi connectivity index (χ3n) is 4.09. The maximum Gasteiger partial charge on any atom is 0.234 e. The number of hydrogen-bond acceptors (Lipinski definition) is 4. The maximum absolute atomic E-state index is 11.9. The van der Waals surface area contributed by atoms with Crippen LogP contribution < -0.4 is 5.32 Å². The molecule has 0 saturated heterocycles. The Labute approximate surface area is 130 Å². The molecule has 0 bridgehead atoms. The van der Waals surface area contributed by atoms with Gasteiger partial charge in [0.05, 0.1) is 6.54 Å². The molecule has 1 aliphatic carbocycles. The number of hydrogen-bond donors (Lipinski definition) is 1. The van der Waals surface area contributed by atoms with E-state index in [2.05, 4.69) is 21.7 Å². The quantitative estimate of drug-likeness (QED) is 0.747. The van der Waals surface area contributed by atoms with Crippen LogP contribution in [0.15, 0.2) is 11.4 Å². The van der Waals surface area contributed by atoms with Crippen LogP contribution in [0.25, 0.3) is 0 Å². The summed E-state index contributed by atoms with van der Waals surface area (Å²) in [5.41, 5.74) is 1.40. The Balaban J connectivity index is 1.26. The molecule has 116 valence electrons. The first-order valence-electron chi connectivity index (χ1n) is 7.93. The zero-order valence-electron chi connectivity index (χ0n) is 12.5. The Morgan fingerprint density at radius 2 is 2.38 bits per heavy atom. The van der Waals surface area contributed by atoms with E-state index >= 15 is 0 Å². The molecule has 3 rings (SSSR count). The topological polar surface area (TPSA) is 41.6 Å². The highest BCUT2D eigenvalue weighted by Gasteiger charge is 2.21. The molecule has 1 amide bonds. The third-order valence-corrected chi connectivity index (χ3v) is 5.12. The monoisotopic (exact) mass is 308 g/mol. The number of thiophene rings is 1. The van der Waals surface area contributed by atoms with Crippen molar-refractivity contribution in [3.8, 4) is 0 Å². The minimum absolute atomic E-state index is 0.135. The van der Waals surface area contributed by atoms with Gasteiger partial charge in [0.15, 0.2) is 0 Å². The lowest BCUT2D eigenvalue weighted by Crippen LogP contribution is -2.40. The van der Waals surface area contributed by atoms with Crippen LogP contribution in [0.5, 0.6) is 0 Å². The second-order valence-corrected chi connectivity index (χ2v) is 7.05. The number of fused-ring (bicyclic) bond motifs is 1. The van der Waals surface area contributed by atoms with Crippen LogP contribution in [0, 0.1) is 5.92 Å². The van der Waals surface area contributed by atoms with Crippen LogP contribution in [0.4, 0.5) is 0 Å². The number of ether oxygens (including phenoxy) is 1. The molecule has 0 radical (unpaired) electrons. The van der Waals surface area contributed by atoms with Crippen molar-refractivity contribution < 1.29 is 9.53 Å². The normalized spacial score (nSPS) is 18.5. The van der Waals surface area contributed by atoms with E-state index in [1.165, 1.54) is 23.3 Å². The molecule has 1 aromatic heterocycles. The molecule has 0 atom stereocenters. The fraction of sp³-hybridized carbons (Fsp3) is 0.688. The average molecular weight is 308 g/mol. The van der Waals surface area contributed by atoms with Gasteiger partial charge in [-0.1, -0.05) is 0 Å². The summed E-state index contributed by atoms with van der Waals surface area (Å²) in [5, 5.41) is 5.14. The van der Waals surface area contributed by atoms with E-state index in [0.717, 1.165) is 51.6 Å². The van der Waals surface area contributed by atoms with Gasteiger partial charge >= 0.3 is 0 Å². The highest BCUT2D eigenvalue weighted by atomic mass is 32.1. The Kier molecular flexibility index (Phi) is 5.27. The largest absolute Gasteiger partial charge is 0.381 e. The van der Waals surface area contributed by atoms with Gasteiger partial charge in [-0.05, 0) is 48.6 Å². The molecular formula is C16H24N2O2S. The van der Waals surface area contributed by atoms with Crippen molar-refractivity contribution >= 4 is 17.2 Å². The minimum Gasteiger partial charge on any atom is -0.381 e. The van der Waals surface area contributed by atoms with Crippen LogP contribution >= 0.6 is 11.3 Å². The van der Waals surface area contributed by atoms with Gasteiger partial charge < -0.3 is 10.1 Å². The van der Waals surface area contributed by atoms with Crippen LogP contribution in [-0.4, -0.2) is 43.7 Å². The van der Waals surface area contributed by atoms with Crippen LogP contribution in [-0.2, 0) is 22.5 Å². The molecule has 1 saturated carbocycles. The lowest BCUT2D eigenvalue weighted by atomic mass is 10.1. The van der Waals surface area contributed by atoms with Crippen LogP contribution in [0.3, 0.4) is 0 Å².